The maximum absolute atomic E-state index is 12.0. The zero-order valence-electron chi connectivity index (χ0n) is 10.3. The summed E-state index contributed by atoms with van der Waals surface area (Å²) in [5.74, 6) is -0.975. The Morgan fingerprint density at radius 1 is 1.47 bits per heavy atom. The lowest BCUT2D eigenvalue weighted by atomic mass is 10.1. The molecule has 1 atom stereocenters. The zero-order chi connectivity index (χ0) is 13.8. The van der Waals surface area contributed by atoms with Gasteiger partial charge in [0.2, 0.25) is 0 Å². The second-order valence-corrected chi connectivity index (χ2v) is 4.71. The van der Waals surface area contributed by atoms with E-state index >= 15 is 0 Å². The number of hydrogen-bond acceptors (Lipinski definition) is 3. The number of carbonyl (C=O) groups is 2. The molecule has 1 aliphatic carbocycles. The molecule has 0 aromatic heterocycles. The van der Waals surface area contributed by atoms with Gasteiger partial charge < -0.3 is 10.4 Å². The van der Waals surface area contributed by atoms with Crippen LogP contribution >= 0.6 is 0 Å². The minimum atomic E-state index is -0.914. The molecule has 2 N–H and O–H groups in total. The highest BCUT2D eigenvalue weighted by atomic mass is 16.4. The Morgan fingerprint density at radius 3 is 2.79 bits per heavy atom. The van der Waals surface area contributed by atoms with Gasteiger partial charge in [0.25, 0.3) is 5.91 Å². The number of hydrogen-bond donors (Lipinski definition) is 2. The van der Waals surface area contributed by atoms with Crippen LogP contribution in [0.2, 0.25) is 0 Å². The molecule has 5 heteroatoms. The molecular formula is C14H14N2O3. The third-order valence-corrected chi connectivity index (χ3v) is 3.16. The van der Waals surface area contributed by atoms with Crippen molar-refractivity contribution in [2.24, 2.45) is 5.92 Å². The first-order valence-corrected chi connectivity index (χ1v) is 6.13. The molecule has 0 radical (unpaired) electrons. The second-order valence-electron chi connectivity index (χ2n) is 4.71. The van der Waals surface area contributed by atoms with Gasteiger partial charge in [-0.15, -0.1) is 0 Å². The molecule has 1 saturated carbocycles. The van der Waals surface area contributed by atoms with Crippen LogP contribution in [0.4, 0.5) is 0 Å². The van der Waals surface area contributed by atoms with Gasteiger partial charge in [-0.25, -0.2) is 0 Å². The highest BCUT2D eigenvalue weighted by molar-refractivity contribution is 5.95. The van der Waals surface area contributed by atoms with Crippen molar-refractivity contribution >= 4 is 11.9 Å². The summed E-state index contributed by atoms with van der Waals surface area (Å²) in [5, 5.41) is 20.4. The Morgan fingerprint density at radius 2 is 2.21 bits per heavy atom. The van der Waals surface area contributed by atoms with E-state index in [0.717, 1.165) is 12.8 Å². The van der Waals surface area contributed by atoms with Crippen molar-refractivity contribution in [3.63, 3.8) is 0 Å². The molecule has 1 aromatic carbocycles. The highest BCUT2D eigenvalue weighted by Gasteiger charge is 2.33. The summed E-state index contributed by atoms with van der Waals surface area (Å²) in [6.45, 7) is 0. The summed E-state index contributed by atoms with van der Waals surface area (Å²) in [5.41, 5.74) is 0.795. The number of amides is 1. The predicted octanol–water partition coefficient (Wildman–Crippen LogP) is 1.54. The van der Waals surface area contributed by atoms with Crippen molar-refractivity contribution in [1.82, 2.24) is 5.32 Å². The zero-order valence-corrected chi connectivity index (χ0v) is 10.3. The summed E-state index contributed by atoms with van der Waals surface area (Å²) < 4.78 is 0. The largest absolute Gasteiger partial charge is 0.481 e. The van der Waals surface area contributed by atoms with Crippen LogP contribution in [0.5, 0.6) is 0 Å². The number of aliphatic carboxylic acids is 1. The summed E-state index contributed by atoms with van der Waals surface area (Å²) >= 11 is 0. The van der Waals surface area contributed by atoms with E-state index < -0.39 is 5.97 Å². The molecule has 0 bridgehead atoms. The molecule has 0 spiro atoms. The monoisotopic (exact) mass is 258 g/mol. The normalized spacial score (nSPS) is 15.3. The lowest BCUT2D eigenvalue weighted by molar-refractivity contribution is -0.137. The number of carboxylic acid groups (broad SMARTS) is 1. The fourth-order valence-corrected chi connectivity index (χ4v) is 2.00. The smallest absolute Gasteiger partial charge is 0.305 e. The number of nitriles is 1. The maximum Gasteiger partial charge on any atom is 0.305 e. The Balaban J connectivity index is 2.06. The molecule has 0 aliphatic heterocycles. The Labute approximate surface area is 110 Å². The van der Waals surface area contributed by atoms with E-state index in [4.69, 9.17) is 10.4 Å². The molecule has 98 valence electrons. The number of carbonyl (C=O) groups excluding carboxylic acids is 1. The van der Waals surface area contributed by atoms with E-state index in [1.165, 1.54) is 6.07 Å². The van der Waals surface area contributed by atoms with Gasteiger partial charge in [-0.1, -0.05) is 6.07 Å². The lowest BCUT2D eigenvalue weighted by Gasteiger charge is -2.16. The topological polar surface area (TPSA) is 90.2 Å². The van der Waals surface area contributed by atoms with E-state index in [2.05, 4.69) is 5.32 Å². The van der Waals surface area contributed by atoms with Gasteiger partial charge in [-0.3, -0.25) is 9.59 Å². The molecule has 1 amide bonds. The Bertz CT molecular complexity index is 544. The van der Waals surface area contributed by atoms with Gasteiger partial charge in [0.05, 0.1) is 18.1 Å². The van der Waals surface area contributed by atoms with Crippen LogP contribution in [-0.2, 0) is 4.79 Å². The number of benzene rings is 1. The van der Waals surface area contributed by atoms with Gasteiger partial charge in [-0.05, 0) is 37.0 Å². The van der Waals surface area contributed by atoms with Crippen molar-refractivity contribution < 1.29 is 14.7 Å². The minimum Gasteiger partial charge on any atom is -0.481 e. The number of nitrogens with zero attached hydrogens (tertiary/aromatic N) is 1. The lowest BCUT2D eigenvalue weighted by Crippen LogP contribution is -2.38. The van der Waals surface area contributed by atoms with Gasteiger partial charge in [0.15, 0.2) is 0 Å². The van der Waals surface area contributed by atoms with Crippen LogP contribution in [-0.4, -0.2) is 23.0 Å². The Kier molecular flexibility index (Phi) is 3.81. The molecule has 1 fully saturated rings. The summed E-state index contributed by atoms with van der Waals surface area (Å²) in [6.07, 6.45) is 1.85. The van der Waals surface area contributed by atoms with Gasteiger partial charge in [0.1, 0.15) is 0 Å². The molecule has 5 nitrogen and oxygen atoms in total. The number of carboxylic acids is 1. The maximum atomic E-state index is 12.0. The van der Waals surface area contributed by atoms with Gasteiger partial charge >= 0.3 is 5.97 Å². The molecule has 0 saturated heterocycles. The van der Waals surface area contributed by atoms with Crippen LogP contribution in [0.25, 0.3) is 0 Å². The number of rotatable bonds is 5. The van der Waals surface area contributed by atoms with Gasteiger partial charge in [-0.2, -0.15) is 5.26 Å². The average Bonchev–Trinajstić information content (AvgIpc) is 3.21. The molecule has 1 aromatic rings. The van der Waals surface area contributed by atoms with Crippen molar-refractivity contribution in [1.29, 1.82) is 5.26 Å². The predicted molar refractivity (Wildman–Crippen MR) is 67.4 cm³/mol. The van der Waals surface area contributed by atoms with E-state index in [1.54, 1.807) is 18.2 Å². The van der Waals surface area contributed by atoms with Crippen LogP contribution in [0, 0.1) is 17.2 Å². The van der Waals surface area contributed by atoms with Crippen molar-refractivity contribution in [2.45, 2.75) is 25.3 Å². The third kappa shape index (κ3) is 3.55. The third-order valence-electron chi connectivity index (χ3n) is 3.16. The fourth-order valence-electron chi connectivity index (χ4n) is 2.00. The molecule has 1 aliphatic rings. The SMILES string of the molecule is N#Cc1cccc(C(=O)NC(CC(=O)O)C2CC2)c1. The van der Waals surface area contributed by atoms with Crippen LogP contribution in [0.15, 0.2) is 24.3 Å². The van der Waals surface area contributed by atoms with Crippen molar-refractivity contribution in [3.8, 4) is 6.07 Å². The molecule has 2 rings (SSSR count). The highest BCUT2D eigenvalue weighted by Crippen LogP contribution is 2.34. The van der Waals surface area contributed by atoms with Crippen molar-refractivity contribution in [2.75, 3.05) is 0 Å². The first-order chi connectivity index (χ1) is 9.10. The Hall–Kier alpha value is -2.35. The molecule has 1 unspecified atom stereocenters. The quantitative estimate of drug-likeness (QED) is 0.838. The fraction of sp³-hybridized carbons (Fsp3) is 0.357. The standard InChI is InChI=1S/C14H14N2O3/c15-8-9-2-1-3-11(6-9)14(19)16-12(7-13(17)18)10-4-5-10/h1-3,6,10,12H,4-5,7H2,(H,16,19)(H,17,18). The van der Waals surface area contributed by atoms with E-state index in [1.807, 2.05) is 6.07 Å². The van der Waals surface area contributed by atoms with E-state index in [9.17, 15) is 9.59 Å². The molecule has 19 heavy (non-hydrogen) atoms. The van der Waals surface area contributed by atoms with Gasteiger partial charge in [0, 0.05) is 11.6 Å². The summed E-state index contributed by atoms with van der Waals surface area (Å²) in [7, 11) is 0. The summed E-state index contributed by atoms with van der Waals surface area (Å²) in [6, 6.07) is 8.01. The summed E-state index contributed by atoms with van der Waals surface area (Å²) in [4.78, 5) is 22.8. The van der Waals surface area contributed by atoms with Crippen LogP contribution in [0.1, 0.15) is 35.2 Å². The van der Waals surface area contributed by atoms with Crippen LogP contribution in [0.3, 0.4) is 0 Å². The van der Waals surface area contributed by atoms with Crippen LogP contribution < -0.4 is 5.32 Å². The molecule has 0 heterocycles. The minimum absolute atomic E-state index is 0.0612. The second kappa shape index (κ2) is 5.53. The number of nitrogens with one attached hydrogen (secondary N) is 1. The van der Waals surface area contributed by atoms with Crippen molar-refractivity contribution in [3.05, 3.63) is 35.4 Å². The first kappa shape index (κ1) is 13.1. The van der Waals surface area contributed by atoms with E-state index in [-0.39, 0.29) is 24.3 Å². The first-order valence-electron chi connectivity index (χ1n) is 6.13. The van der Waals surface area contributed by atoms with E-state index in [0.29, 0.717) is 11.1 Å². The average molecular weight is 258 g/mol. The molecular weight excluding hydrogens is 244 g/mol.